The molecule has 1 N–H and O–H groups in total. The molecule has 0 aliphatic carbocycles. The number of benzene rings is 2. The molecule has 2 aliphatic rings. The highest BCUT2D eigenvalue weighted by atomic mass is 32.2. The third-order valence-corrected chi connectivity index (χ3v) is 6.85. The zero-order valence-corrected chi connectivity index (χ0v) is 16.4. The molecule has 2 atom stereocenters. The Morgan fingerprint density at radius 1 is 1.14 bits per heavy atom. The number of carboxylic acids is 1. The van der Waals surface area contributed by atoms with Crippen molar-refractivity contribution >= 4 is 23.6 Å². The highest BCUT2D eigenvalue weighted by Crippen LogP contribution is 2.42. The SMILES string of the molecule is O=C(c1ccc(CSc2ccccc2)cc1)N1C[C@H]2COCC[C@@]2(C(=O)O)C1. The Balaban J connectivity index is 1.42. The molecule has 2 aromatic rings. The van der Waals surface area contributed by atoms with Crippen molar-refractivity contribution < 1.29 is 19.4 Å². The van der Waals surface area contributed by atoms with Gasteiger partial charge < -0.3 is 14.7 Å². The molecule has 5 nitrogen and oxygen atoms in total. The van der Waals surface area contributed by atoms with E-state index in [2.05, 4.69) is 12.1 Å². The van der Waals surface area contributed by atoms with Crippen LogP contribution in [-0.4, -0.2) is 48.2 Å². The summed E-state index contributed by atoms with van der Waals surface area (Å²) >= 11 is 1.75. The van der Waals surface area contributed by atoms with E-state index in [0.29, 0.717) is 31.7 Å². The smallest absolute Gasteiger partial charge is 0.311 e. The molecular formula is C22H23NO4S. The van der Waals surface area contributed by atoms with E-state index in [1.807, 2.05) is 42.5 Å². The molecule has 0 bridgehead atoms. The lowest BCUT2D eigenvalue weighted by Crippen LogP contribution is -2.45. The molecule has 0 radical (unpaired) electrons. The molecule has 6 heteroatoms. The van der Waals surface area contributed by atoms with E-state index in [1.165, 1.54) is 4.90 Å². The summed E-state index contributed by atoms with van der Waals surface area (Å²) in [6.45, 7) is 1.56. The summed E-state index contributed by atoms with van der Waals surface area (Å²) in [5, 5.41) is 9.76. The molecule has 0 aromatic heterocycles. The molecule has 2 heterocycles. The lowest BCUT2D eigenvalue weighted by Gasteiger charge is -2.33. The monoisotopic (exact) mass is 397 g/mol. The van der Waals surface area contributed by atoms with Crippen LogP contribution in [0.1, 0.15) is 22.3 Å². The Morgan fingerprint density at radius 3 is 2.57 bits per heavy atom. The number of nitrogens with zero attached hydrogens (tertiary/aromatic N) is 1. The van der Waals surface area contributed by atoms with Crippen molar-refractivity contribution in [2.24, 2.45) is 11.3 Å². The summed E-state index contributed by atoms with van der Waals surface area (Å²) in [4.78, 5) is 27.7. The third-order valence-electron chi connectivity index (χ3n) is 5.77. The molecule has 1 amide bonds. The van der Waals surface area contributed by atoms with Crippen molar-refractivity contribution in [1.82, 2.24) is 4.90 Å². The van der Waals surface area contributed by atoms with Gasteiger partial charge in [-0.1, -0.05) is 30.3 Å². The highest BCUT2D eigenvalue weighted by Gasteiger charge is 2.54. The summed E-state index contributed by atoms with van der Waals surface area (Å²) in [6, 6.07) is 17.8. The first kappa shape index (κ1) is 19.0. The minimum atomic E-state index is -0.861. The van der Waals surface area contributed by atoms with Crippen molar-refractivity contribution in [3.8, 4) is 0 Å². The predicted octanol–water partition coefficient (Wildman–Crippen LogP) is 3.54. The molecule has 2 aliphatic heterocycles. The van der Waals surface area contributed by atoms with Gasteiger partial charge in [0.25, 0.3) is 5.91 Å². The third kappa shape index (κ3) is 3.66. The van der Waals surface area contributed by atoms with E-state index in [0.717, 1.165) is 11.3 Å². The molecule has 0 spiro atoms. The maximum absolute atomic E-state index is 12.9. The fourth-order valence-corrected chi connectivity index (χ4v) is 4.94. The van der Waals surface area contributed by atoms with Gasteiger partial charge in [0.05, 0.1) is 12.0 Å². The van der Waals surface area contributed by atoms with Crippen molar-refractivity contribution in [2.75, 3.05) is 26.3 Å². The van der Waals surface area contributed by atoms with Crippen LogP contribution in [0.5, 0.6) is 0 Å². The van der Waals surface area contributed by atoms with Crippen molar-refractivity contribution in [1.29, 1.82) is 0 Å². The average Bonchev–Trinajstić information content (AvgIpc) is 3.14. The van der Waals surface area contributed by atoms with E-state index in [9.17, 15) is 14.7 Å². The summed E-state index contributed by atoms with van der Waals surface area (Å²) in [5.41, 5.74) is 0.893. The van der Waals surface area contributed by atoms with E-state index in [-0.39, 0.29) is 18.4 Å². The number of rotatable bonds is 5. The van der Waals surface area contributed by atoms with Crippen LogP contribution >= 0.6 is 11.8 Å². The van der Waals surface area contributed by atoms with E-state index < -0.39 is 11.4 Å². The minimum Gasteiger partial charge on any atom is -0.481 e. The molecule has 0 saturated carbocycles. The molecule has 0 unspecified atom stereocenters. The Kier molecular flexibility index (Phi) is 5.42. The first-order chi connectivity index (χ1) is 13.6. The number of hydrogen-bond acceptors (Lipinski definition) is 4. The van der Waals surface area contributed by atoms with E-state index in [4.69, 9.17) is 4.74 Å². The van der Waals surface area contributed by atoms with Gasteiger partial charge in [0.15, 0.2) is 0 Å². The Labute approximate surface area is 168 Å². The van der Waals surface area contributed by atoms with E-state index >= 15 is 0 Å². The number of hydrogen-bond donors (Lipinski definition) is 1. The van der Waals surface area contributed by atoms with Gasteiger partial charge in [0.1, 0.15) is 0 Å². The van der Waals surface area contributed by atoms with Gasteiger partial charge in [-0.15, -0.1) is 11.8 Å². The molecule has 2 fully saturated rings. The van der Waals surface area contributed by atoms with Crippen LogP contribution in [0.15, 0.2) is 59.5 Å². The van der Waals surface area contributed by atoms with Crippen LogP contribution < -0.4 is 0 Å². The largest absolute Gasteiger partial charge is 0.481 e. The van der Waals surface area contributed by atoms with Crippen LogP contribution in [-0.2, 0) is 15.3 Å². The van der Waals surface area contributed by atoms with Crippen molar-refractivity contribution in [2.45, 2.75) is 17.1 Å². The molecule has 146 valence electrons. The maximum atomic E-state index is 12.9. The molecular weight excluding hydrogens is 374 g/mol. The molecule has 4 rings (SSSR count). The summed E-state index contributed by atoms with van der Waals surface area (Å²) < 4.78 is 5.47. The fraction of sp³-hybridized carbons (Fsp3) is 0.364. The molecule has 28 heavy (non-hydrogen) atoms. The lowest BCUT2D eigenvalue weighted by atomic mass is 9.74. The first-order valence-electron chi connectivity index (χ1n) is 9.46. The molecule has 2 aromatic carbocycles. The molecule has 2 saturated heterocycles. The number of carbonyl (C=O) groups is 2. The van der Waals surface area contributed by atoms with Crippen molar-refractivity contribution in [3.63, 3.8) is 0 Å². The number of amides is 1. The van der Waals surface area contributed by atoms with Gasteiger partial charge in [-0.3, -0.25) is 9.59 Å². The van der Waals surface area contributed by atoms with Gasteiger partial charge in [-0.25, -0.2) is 0 Å². The lowest BCUT2D eigenvalue weighted by molar-refractivity contribution is -0.157. The van der Waals surface area contributed by atoms with Gasteiger partial charge >= 0.3 is 5.97 Å². The van der Waals surface area contributed by atoms with Crippen LogP contribution in [0.25, 0.3) is 0 Å². The zero-order chi connectivity index (χ0) is 19.6. The normalized spacial score (nSPS) is 24.0. The number of carbonyl (C=O) groups excluding carboxylic acids is 1. The second kappa shape index (κ2) is 7.97. The minimum absolute atomic E-state index is 0.0997. The van der Waals surface area contributed by atoms with Crippen LogP contribution in [0.3, 0.4) is 0 Å². The number of carboxylic acid groups (broad SMARTS) is 1. The Bertz CT molecular complexity index is 855. The Morgan fingerprint density at radius 2 is 1.89 bits per heavy atom. The van der Waals surface area contributed by atoms with Crippen molar-refractivity contribution in [3.05, 3.63) is 65.7 Å². The predicted molar refractivity (Wildman–Crippen MR) is 107 cm³/mol. The second-order valence-electron chi connectivity index (χ2n) is 7.47. The highest BCUT2D eigenvalue weighted by molar-refractivity contribution is 7.98. The standard InChI is InChI=1S/C22H23NO4S/c24-20(23-12-18-13-27-11-10-22(18,15-23)21(25)26)17-8-6-16(7-9-17)14-28-19-4-2-1-3-5-19/h1-9,18H,10-15H2,(H,25,26)/t18-,22+/m0/s1. The van der Waals surface area contributed by atoms with E-state index in [1.54, 1.807) is 16.7 Å². The van der Waals surface area contributed by atoms with Gasteiger partial charge in [0, 0.05) is 41.8 Å². The van der Waals surface area contributed by atoms with Gasteiger partial charge in [-0.2, -0.15) is 0 Å². The maximum Gasteiger partial charge on any atom is 0.311 e. The number of fused-ring (bicyclic) bond motifs is 1. The quantitative estimate of drug-likeness (QED) is 0.782. The topological polar surface area (TPSA) is 66.8 Å². The number of thioether (sulfide) groups is 1. The summed E-state index contributed by atoms with van der Waals surface area (Å²) in [5.74, 6) is -0.213. The summed E-state index contributed by atoms with van der Waals surface area (Å²) in [7, 11) is 0. The Hall–Kier alpha value is -2.31. The van der Waals surface area contributed by atoms with Crippen LogP contribution in [0.4, 0.5) is 0 Å². The number of aliphatic carboxylic acids is 1. The first-order valence-corrected chi connectivity index (χ1v) is 10.4. The van der Waals surface area contributed by atoms with Gasteiger partial charge in [0.2, 0.25) is 0 Å². The number of ether oxygens (including phenoxy) is 1. The number of likely N-dealkylation sites (tertiary alicyclic amines) is 1. The van der Waals surface area contributed by atoms with Crippen LogP contribution in [0.2, 0.25) is 0 Å². The zero-order valence-electron chi connectivity index (χ0n) is 15.5. The fourth-order valence-electron chi connectivity index (χ4n) is 4.06. The van der Waals surface area contributed by atoms with Crippen LogP contribution in [0, 0.1) is 11.3 Å². The average molecular weight is 397 g/mol. The summed E-state index contributed by atoms with van der Waals surface area (Å²) in [6.07, 6.45) is 0.465. The second-order valence-corrected chi connectivity index (χ2v) is 8.52. The van der Waals surface area contributed by atoms with Gasteiger partial charge in [-0.05, 0) is 36.2 Å².